The van der Waals surface area contributed by atoms with Crippen molar-refractivity contribution in [1.29, 1.82) is 0 Å². The van der Waals surface area contributed by atoms with Crippen LogP contribution in [0.4, 0.5) is 0 Å². The standard InChI is InChI=1S/C19H33BO5Si/c1-14(2)23-26(24-15(3)4,25-16(5)6)17(7)18-8-10-19(11-9-18)20-21-12-13-22-20/h8-11,14-17H,12-13H2,1-7H3/t17-/m0/s1. The average molecular weight is 380 g/mol. The van der Waals surface area contributed by atoms with Gasteiger partial charge in [0.15, 0.2) is 0 Å². The molecule has 0 bridgehead atoms. The summed E-state index contributed by atoms with van der Waals surface area (Å²) in [7, 11) is -3.20. The Morgan fingerprint density at radius 1 is 0.769 bits per heavy atom. The van der Waals surface area contributed by atoms with Crippen molar-refractivity contribution in [3.8, 4) is 0 Å². The van der Waals surface area contributed by atoms with E-state index >= 15 is 0 Å². The molecule has 1 atom stereocenters. The lowest BCUT2D eigenvalue weighted by molar-refractivity contribution is -0.00323. The van der Waals surface area contributed by atoms with Crippen LogP contribution in [0.15, 0.2) is 24.3 Å². The van der Waals surface area contributed by atoms with Crippen LogP contribution in [0.25, 0.3) is 0 Å². The van der Waals surface area contributed by atoms with E-state index in [1.54, 1.807) is 0 Å². The molecule has 1 aliphatic rings. The van der Waals surface area contributed by atoms with E-state index in [0.717, 1.165) is 11.0 Å². The van der Waals surface area contributed by atoms with Gasteiger partial charge < -0.3 is 22.6 Å². The van der Waals surface area contributed by atoms with E-state index in [-0.39, 0.29) is 31.0 Å². The van der Waals surface area contributed by atoms with Gasteiger partial charge in [-0.25, -0.2) is 0 Å². The second-order valence-corrected chi connectivity index (χ2v) is 10.3. The first-order chi connectivity index (χ1) is 12.2. The number of rotatable bonds is 9. The van der Waals surface area contributed by atoms with Crippen molar-refractivity contribution >= 4 is 21.4 Å². The van der Waals surface area contributed by atoms with Crippen LogP contribution in [-0.4, -0.2) is 47.4 Å². The summed E-state index contributed by atoms with van der Waals surface area (Å²) in [6, 6.07) is 8.32. The summed E-state index contributed by atoms with van der Waals surface area (Å²) < 4.78 is 30.2. The summed E-state index contributed by atoms with van der Waals surface area (Å²) >= 11 is 0. The molecule has 2 rings (SSSR count). The first kappa shape index (κ1) is 21.6. The highest BCUT2D eigenvalue weighted by atomic mass is 28.4. The van der Waals surface area contributed by atoms with Crippen LogP contribution in [0, 0.1) is 0 Å². The molecule has 0 unspecified atom stereocenters. The summed E-state index contributed by atoms with van der Waals surface area (Å²) in [5.74, 6) is 0. The molecule has 146 valence electrons. The number of hydrogen-bond acceptors (Lipinski definition) is 5. The Hall–Kier alpha value is -0.698. The van der Waals surface area contributed by atoms with Gasteiger partial charge in [-0.15, -0.1) is 0 Å². The van der Waals surface area contributed by atoms with E-state index in [9.17, 15) is 0 Å². The van der Waals surface area contributed by atoms with Gasteiger partial charge in [0, 0.05) is 18.3 Å². The quantitative estimate of drug-likeness (QED) is 0.616. The molecule has 5 nitrogen and oxygen atoms in total. The van der Waals surface area contributed by atoms with Crippen molar-refractivity contribution < 1.29 is 22.6 Å². The Kier molecular flexibility index (Phi) is 7.88. The van der Waals surface area contributed by atoms with Crippen molar-refractivity contribution in [2.24, 2.45) is 0 Å². The zero-order valence-corrected chi connectivity index (χ0v) is 18.2. The van der Waals surface area contributed by atoms with Gasteiger partial charge in [0.1, 0.15) is 0 Å². The third kappa shape index (κ3) is 5.65. The second-order valence-electron chi connectivity index (χ2n) is 7.57. The van der Waals surface area contributed by atoms with E-state index in [1.165, 1.54) is 0 Å². The summed E-state index contributed by atoms with van der Waals surface area (Å²) in [5.41, 5.74) is 2.19. The molecule has 1 aromatic carbocycles. The van der Waals surface area contributed by atoms with Crippen LogP contribution in [0.1, 0.15) is 59.6 Å². The molecule has 1 aliphatic heterocycles. The molecule has 26 heavy (non-hydrogen) atoms. The van der Waals surface area contributed by atoms with Crippen LogP contribution < -0.4 is 5.46 Å². The largest absolute Gasteiger partial charge is 0.509 e. The zero-order chi connectivity index (χ0) is 19.3. The van der Waals surface area contributed by atoms with Gasteiger partial charge >= 0.3 is 15.9 Å². The molecule has 1 saturated heterocycles. The summed E-state index contributed by atoms with van der Waals surface area (Å²) in [5, 5.41) is 0. The normalized spacial score (nSPS) is 16.9. The molecule has 0 aliphatic carbocycles. The minimum atomic E-state index is -2.94. The van der Waals surface area contributed by atoms with E-state index in [4.69, 9.17) is 22.6 Å². The third-order valence-corrected chi connectivity index (χ3v) is 7.85. The SMILES string of the molecule is CC(C)O[Si](OC(C)C)(OC(C)C)[C@@H](C)c1ccc(B2OCCO2)cc1. The predicted octanol–water partition coefficient (Wildman–Crippen LogP) is 3.29. The molecular formula is C19H33BO5Si. The van der Waals surface area contributed by atoms with E-state index in [2.05, 4.69) is 31.2 Å². The lowest BCUT2D eigenvalue weighted by atomic mass is 9.79. The first-order valence-electron chi connectivity index (χ1n) is 9.60. The van der Waals surface area contributed by atoms with Crippen LogP contribution in [-0.2, 0) is 22.6 Å². The Balaban J connectivity index is 2.29. The predicted molar refractivity (Wildman–Crippen MR) is 107 cm³/mol. The van der Waals surface area contributed by atoms with Gasteiger partial charge in [-0.3, -0.25) is 0 Å². The molecule has 0 aromatic heterocycles. The molecule has 7 heteroatoms. The average Bonchev–Trinajstić information content (AvgIpc) is 3.06. The monoisotopic (exact) mass is 380 g/mol. The maximum Gasteiger partial charge on any atom is 0.509 e. The Morgan fingerprint density at radius 3 is 1.58 bits per heavy atom. The molecule has 0 radical (unpaired) electrons. The third-order valence-electron chi connectivity index (χ3n) is 4.06. The van der Waals surface area contributed by atoms with E-state index in [0.29, 0.717) is 13.2 Å². The summed E-state index contributed by atoms with van der Waals surface area (Å²) in [6.45, 7) is 15.6. The van der Waals surface area contributed by atoms with Crippen molar-refractivity contribution in [3.63, 3.8) is 0 Å². The van der Waals surface area contributed by atoms with Crippen molar-refractivity contribution in [3.05, 3.63) is 29.8 Å². The van der Waals surface area contributed by atoms with Gasteiger partial charge in [-0.1, -0.05) is 31.2 Å². The van der Waals surface area contributed by atoms with Gasteiger partial charge in [-0.05, 0) is 52.6 Å². The lowest BCUT2D eigenvalue weighted by Gasteiger charge is -2.38. The Bertz CT molecular complexity index is 517. The lowest BCUT2D eigenvalue weighted by Crippen LogP contribution is -2.55. The molecule has 0 amide bonds. The topological polar surface area (TPSA) is 46.2 Å². The van der Waals surface area contributed by atoms with Crippen molar-refractivity contribution in [2.75, 3.05) is 13.2 Å². The minimum Gasteiger partial charge on any atom is -0.405 e. The Labute approximate surface area is 159 Å². The van der Waals surface area contributed by atoms with Crippen LogP contribution in [0.5, 0.6) is 0 Å². The first-order valence-corrected chi connectivity index (χ1v) is 11.4. The van der Waals surface area contributed by atoms with Crippen molar-refractivity contribution in [1.82, 2.24) is 0 Å². The van der Waals surface area contributed by atoms with Gasteiger partial charge in [0.05, 0.1) is 18.8 Å². The highest BCUT2D eigenvalue weighted by Gasteiger charge is 2.50. The molecule has 0 N–H and O–H groups in total. The number of benzene rings is 1. The smallest absolute Gasteiger partial charge is 0.405 e. The van der Waals surface area contributed by atoms with Crippen LogP contribution in [0.3, 0.4) is 0 Å². The maximum absolute atomic E-state index is 6.35. The van der Waals surface area contributed by atoms with Crippen LogP contribution in [0.2, 0.25) is 0 Å². The fourth-order valence-electron chi connectivity index (χ4n) is 3.07. The van der Waals surface area contributed by atoms with E-state index in [1.807, 2.05) is 41.5 Å². The van der Waals surface area contributed by atoms with Crippen LogP contribution >= 0.6 is 0 Å². The molecule has 0 saturated carbocycles. The molecule has 0 spiro atoms. The highest BCUT2D eigenvalue weighted by Crippen LogP contribution is 2.32. The fourth-order valence-corrected chi connectivity index (χ4v) is 6.42. The van der Waals surface area contributed by atoms with E-state index < -0.39 is 8.80 Å². The highest BCUT2D eigenvalue weighted by molar-refractivity contribution is 6.63. The van der Waals surface area contributed by atoms with Gasteiger partial charge in [-0.2, -0.15) is 0 Å². The fraction of sp³-hybridized carbons (Fsp3) is 0.684. The Morgan fingerprint density at radius 2 is 1.19 bits per heavy atom. The summed E-state index contributed by atoms with van der Waals surface area (Å²) in [6.07, 6.45) is 0.0866. The molecule has 1 fully saturated rings. The second kappa shape index (κ2) is 9.48. The van der Waals surface area contributed by atoms with Gasteiger partial charge in [0.2, 0.25) is 0 Å². The van der Waals surface area contributed by atoms with Gasteiger partial charge in [0.25, 0.3) is 0 Å². The summed E-state index contributed by atoms with van der Waals surface area (Å²) in [4.78, 5) is 0. The molecular weight excluding hydrogens is 347 g/mol. The number of hydrogen-bond donors (Lipinski definition) is 0. The van der Waals surface area contributed by atoms with Crippen molar-refractivity contribution in [2.45, 2.75) is 72.3 Å². The maximum atomic E-state index is 6.35. The minimum absolute atomic E-state index is 0.0224. The molecule has 1 aromatic rings. The molecule has 1 heterocycles. The zero-order valence-electron chi connectivity index (χ0n) is 17.2.